The lowest BCUT2D eigenvalue weighted by Gasteiger charge is -2.16. The number of para-hydroxylation sites is 1. The average Bonchev–Trinajstić information content (AvgIpc) is 3.37. The van der Waals surface area contributed by atoms with Crippen molar-refractivity contribution in [2.24, 2.45) is 0 Å². The third-order valence-electron chi connectivity index (χ3n) is 5.90. The van der Waals surface area contributed by atoms with Gasteiger partial charge in [0, 0.05) is 24.4 Å². The maximum absolute atomic E-state index is 6.32. The number of benzene rings is 4. The average molecular weight is 482 g/mol. The van der Waals surface area contributed by atoms with Gasteiger partial charge in [-0.25, -0.2) is 0 Å². The van der Waals surface area contributed by atoms with Crippen LogP contribution in [0, 0.1) is 6.92 Å². The topological polar surface area (TPSA) is 64.9 Å². The van der Waals surface area contributed by atoms with E-state index in [2.05, 4.69) is 88.4 Å². The van der Waals surface area contributed by atoms with Crippen molar-refractivity contribution in [3.63, 3.8) is 0 Å². The zero-order chi connectivity index (χ0) is 23.9. The van der Waals surface area contributed by atoms with E-state index in [9.17, 15) is 0 Å². The zero-order valence-electron chi connectivity index (χ0n) is 19.6. The third-order valence-corrected chi connectivity index (χ3v) is 6.82. The van der Waals surface area contributed by atoms with E-state index < -0.39 is 0 Å². The van der Waals surface area contributed by atoms with E-state index in [0.717, 1.165) is 28.9 Å². The van der Waals surface area contributed by atoms with E-state index in [-0.39, 0.29) is 0 Å². The van der Waals surface area contributed by atoms with Crippen LogP contribution in [0.4, 0.5) is 0 Å². The van der Waals surface area contributed by atoms with Crippen LogP contribution in [0.5, 0.6) is 5.75 Å². The molecule has 0 fully saturated rings. The van der Waals surface area contributed by atoms with Crippen LogP contribution >= 0.6 is 11.8 Å². The van der Waals surface area contributed by atoms with Crippen LogP contribution in [0.1, 0.15) is 16.7 Å². The second-order valence-corrected chi connectivity index (χ2v) is 9.27. The van der Waals surface area contributed by atoms with E-state index in [4.69, 9.17) is 4.74 Å². The summed E-state index contributed by atoms with van der Waals surface area (Å²) < 4.78 is 8.09. The molecule has 0 aliphatic rings. The Hall–Kier alpha value is -3.68. The van der Waals surface area contributed by atoms with E-state index in [1.807, 2.05) is 30.3 Å². The molecule has 5 rings (SSSR count). The first-order valence-corrected chi connectivity index (χ1v) is 12.6. The van der Waals surface area contributed by atoms with Crippen molar-refractivity contribution in [3.05, 3.63) is 108 Å². The van der Waals surface area contributed by atoms with Gasteiger partial charge in [0.1, 0.15) is 12.4 Å². The summed E-state index contributed by atoms with van der Waals surface area (Å²) in [5.41, 5.74) is 4.57. The third kappa shape index (κ3) is 5.53. The van der Waals surface area contributed by atoms with Crippen LogP contribution in [0.2, 0.25) is 0 Å². The summed E-state index contributed by atoms with van der Waals surface area (Å²) in [6, 6.07) is 31.0. The molecule has 35 heavy (non-hydrogen) atoms. The van der Waals surface area contributed by atoms with E-state index >= 15 is 0 Å². The Morgan fingerprint density at radius 2 is 1.69 bits per heavy atom. The van der Waals surface area contributed by atoms with Crippen molar-refractivity contribution < 1.29 is 4.74 Å². The highest BCUT2D eigenvalue weighted by molar-refractivity contribution is 7.99. The van der Waals surface area contributed by atoms with Crippen molar-refractivity contribution in [2.75, 3.05) is 12.3 Å². The van der Waals surface area contributed by atoms with Gasteiger partial charge in [0.05, 0.1) is 5.69 Å². The lowest BCUT2D eigenvalue weighted by atomic mass is 10.0. The highest BCUT2D eigenvalue weighted by atomic mass is 32.2. The fourth-order valence-electron chi connectivity index (χ4n) is 3.99. The van der Waals surface area contributed by atoms with Gasteiger partial charge < -0.3 is 10.1 Å². The Kier molecular flexibility index (Phi) is 7.36. The van der Waals surface area contributed by atoms with Gasteiger partial charge in [0.25, 0.3) is 0 Å². The van der Waals surface area contributed by atoms with Gasteiger partial charge in [-0.3, -0.25) is 0 Å². The number of aromatic nitrogens is 4. The van der Waals surface area contributed by atoms with Crippen molar-refractivity contribution >= 4 is 22.5 Å². The number of hydrogen-bond donors (Lipinski definition) is 1. The van der Waals surface area contributed by atoms with E-state index in [1.54, 1.807) is 16.4 Å². The van der Waals surface area contributed by atoms with Crippen LogP contribution in [0.25, 0.3) is 16.5 Å². The van der Waals surface area contributed by atoms with Crippen LogP contribution in [-0.4, -0.2) is 32.5 Å². The molecule has 0 aliphatic heterocycles. The predicted octanol–water partition coefficient (Wildman–Crippen LogP) is 5.58. The number of rotatable bonds is 10. The smallest absolute Gasteiger partial charge is 0.214 e. The number of nitrogens with one attached hydrogen (secondary N) is 1. The first-order chi connectivity index (χ1) is 17.3. The summed E-state index contributed by atoms with van der Waals surface area (Å²) in [7, 11) is 0. The second-order valence-electron chi connectivity index (χ2n) is 8.21. The molecule has 0 saturated carbocycles. The van der Waals surface area contributed by atoms with Crippen LogP contribution < -0.4 is 10.1 Å². The molecule has 0 unspecified atom stereocenters. The van der Waals surface area contributed by atoms with Crippen molar-refractivity contribution in [2.45, 2.75) is 25.2 Å². The van der Waals surface area contributed by atoms with Gasteiger partial charge >= 0.3 is 0 Å². The highest BCUT2D eigenvalue weighted by Crippen LogP contribution is 2.29. The summed E-state index contributed by atoms with van der Waals surface area (Å²) in [5, 5.41) is 18.9. The number of nitrogens with zero attached hydrogens (tertiary/aromatic N) is 4. The van der Waals surface area contributed by atoms with Crippen molar-refractivity contribution in [3.8, 4) is 11.4 Å². The van der Waals surface area contributed by atoms with E-state index in [0.29, 0.717) is 13.2 Å². The van der Waals surface area contributed by atoms with Gasteiger partial charge in [-0.15, -0.1) is 5.10 Å². The monoisotopic (exact) mass is 481 g/mol. The summed E-state index contributed by atoms with van der Waals surface area (Å²) in [6.45, 7) is 4.20. The van der Waals surface area contributed by atoms with Crippen LogP contribution in [-0.2, 0) is 13.2 Å². The number of thioether (sulfide) groups is 1. The molecule has 0 aliphatic carbocycles. The SMILES string of the molecule is Cc1ccccc1COc1ccc2ccccc2c1CNCCSc1nnnn1-c1ccccc1. The molecule has 176 valence electrons. The fourth-order valence-corrected chi connectivity index (χ4v) is 4.78. The van der Waals surface area contributed by atoms with Gasteiger partial charge in [-0.05, 0) is 57.4 Å². The van der Waals surface area contributed by atoms with Crippen LogP contribution in [0.3, 0.4) is 0 Å². The fraction of sp³-hybridized carbons (Fsp3) is 0.179. The maximum Gasteiger partial charge on any atom is 0.214 e. The molecule has 1 aromatic heterocycles. The minimum Gasteiger partial charge on any atom is -0.489 e. The summed E-state index contributed by atoms with van der Waals surface area (Å²) in [5.74, 6) is 1.76. The molecule has 1 N–H and O–H groups in total. The molecule has 7 heteroatoms. The quantitative estimate of drug-likeness (QED) is 0.207. The molecule has 0 atom stereocenters. The maximum atomic E-state index is 6.32. The first-order valence-electron chi connectivity index (χ1n) is 11.6. The lowest BCUT2D eigenvalue weighted by molar-refractivity contribution is 0.302. The van der Waals surface area contributed by atoms with Gasteiger partial charge in [-0.1, -0.05) is 84.6 Å². The Bertz CT molecular complexity index is 1400. The Morgan fingerprint density at radius 1 is 0.886 bits per heavy atom. The number of ether oxygens (including phenoxy) is 1. The Balaban J connectivity index is 1.24. The lowest BCUT2D eigenvalue weighted by Crippen LogP contribution is -2.18. The molecule has 0 saturated heterocycles. The van der Waals surface area contributed by atoms with Gasteiger partial charge in [0.15, 0.2) is 0 Å². The van der Waals surface area contributed by atoms with Crippen LogP contribution in [0.15, 0.2) is 96.2 Å². The molecule has 0 amide bonds. The summed E-state index contributed by atoms with van der Waals surface area (Å²) in [4.78, 5) is 0. The molecule has 0 bridgehead atoms. The molecule has 6 nitrogen and oxygen atoms in total. The Morgan fingerprint density at radius 3 is 2.57 bits per heavy atom. The summed E-state index contributed by atoms with van der Waals surface area (Å²) in [6.07, 6.45) is 0. The first kappa shape index (κ1) is 23.1. The molecule has 4 aromatic carbocycles. The van der Waals surface area contributed by atoms with Crippen molar-refractivity contribution in [1.82, 2.24) is 25.5 Å². The minimum absolute atomic E-state index is 0.552. The number of tetrazole rings is 1. The van der Waals surface area contributed by atoms with Crippen molar-refractivity contribution in [1.29, 1.82) is 0 Å². The Labute approximate surface area is 209 Å². The second kappa shape index (κ2) is 11.2. The molecule has 0 radical (unpaired) electrons. The number of fused-ring (bicyclic) bond motifs is 1. The van der Waals surface area contributed by atoms with Gasteiger partial charge in [-0.2, -0.15) is 4.68 Å². The molecule has 0 spiro atoms. The van der Waals surface area contributed by atoms with Gasteiger partial charge in [0.2, 0.25) is 5.16 Å². The molecule has 5 aromatic rings. The van der Waals surface area contributed by atoms with E-state index in [1.165, 1.54) is 27.5 Å². The highest BCUT2D eigenvalue weighted by Gasteiger charge is 2.11. The molecular weight excluding hydrogens is 454 g/mol. The normalized spacial score (nSPS) is 11.1. The standard InChI is InChI=1S/C28H27N5OS/c1-21-9-5-6-11-23(21)20-34-27-16-15-22-10-7-8-14-25(22)26(27)19-29-17-18-35-28-30-31-32-33(28)24-12-3-2-4-13-24/h2-16,29H,17-20H2,1H3. The molecule has 1 heterocycles. The predicted molar refractivity (Wildman–Crippen MR) is 141 cm³/mol. The zero-order valence-corrected chi connectivity index (χ0v) is 20.4. The summed E-state index contributed by atoms with van der Waals surface area (Å²) >= 11 is 1.63. The number of aryl methyl sites for hydroxylation is 1. The largest absolute Gasteiger partial charge is 0.489 e. The molecular formula is C28H27N5OS. The minimum atomic E-state index is 0.552. The number of hydrogen-bond acceptors (Lipinski definition) is 6.